The zero-order chi connectivity index (χ0) is 15.8. The lowest BCUT2D eigenvalue weighted by atomic mass is 10.3. The van der Waals surface area contributed by atoms with Gasteiger partial charge in [-0.25, -0.2) is 8.42 Å². The summed E-state index contributed by atoms with van der Waals surface area (Å²) >= 11 is 0. The molecular formula is C10H15N7O3S. The number of aromatic nitrogens is 4. The first-order valence-corrected chi connectivity index (χ1v) is 7.30. The van der Waals surface area contributed by atoms with Crippen LogP contribution < -0.4 is 10.5 Å². The van der Waals surface area contributed by atoms with Crippen LogP contribution in [0.2, 0.25) is 0 Å². The standard InChI is InChI=1S/C10H15N7O3S/c1-5-8(6(2)14-13-5)21(19,20)16-10-7(9(11)15-18)4-12-17(10)3/h4,16,18H,1-3H3,(H2,11,15)(H,13,14). The number of aromatic amines is 1. The zero-order valence-corrected chi connectivity index (χ0v) is 12.4. The molecule has 2 aromatic rings. The molecule has 2 aromatic heterocycles. The highest BCUT2D eigenvalue weighted by molar-refractivity contribution is 7.92. The van der Waals surface area contributed by atoms with Crippen LogP contribution in [0.4, 0.5) is 5.82 Å². The maximum atomic E-state index is 12.5. The maximum absolute atomic E-state index is 12.5. The first-order chi connectivity index (χ1) is 9.77. The van der Waals surface area contributed by atoms with Gasteiger partial charge >= 0.3 is 0 Å². The Kier molecular flexibility index (Phi) is 3.60. The van der Waals surface area contributed by atoms with Crippen molar-refractivity contribution in [3.8, 4) is 0 Å². The second-order valence-corrected chi connectivity index (χ2v) is 6.00. The molecule has 0 aromatic carbocycles. The summed E-state index contributed by atoms with van der Waals surface area (Å²) in [5.74, 6) is -0.160. The van der Waals surface area contributed by atoms with E-state index in [1.165, 1.54) is 17.9 Å². The zero-order valence-electron chi connectivity index (χ0n) is 11.6. The van der Waals surface area contributed by atoms with Gasteiger partial charge in [-0.2, -0.15) is 10.2 Å². The van der Waals surface area contributed by atoms with Crippen molar-refractivity contribution in [2.24, 2.45) is 17.9 Å². The Bertz CT molecular complexity index is 783. The Morgan fingerprint density at radius 2 is 2.19 bits per heavy atom. The summed E-state index contributed by atoms with van der Waals surface area (Å²) in [6, 6.07) is 0. The Labute approximate surface area is 120 Å². The second kappa shape index (κ2) is 5.09. The monoisotopic (exact) mass is 313 g/mol. The molecule has 0 atom stereocenters. The number of amidine groups is 1. The summed E-state index contributed by atoms with van der Waals surface area (Å²) in [4.78, 5) is 0.0501. The van der Waals surface area contributed by atoms with Crippen LogP contribution in [-0.4, -0.2) is 39.4 Å². The van der Waals surface area contributed by atoms with Crippen molar-refractivity contribution in [2.75, 3.05) is 4.72 Å². The van der Waals surface area contributed by atoms with Crippen LogP contribution in [0.5, 0.6) is 0 Å². The Hall–Kier alpha value is -2.56. The van der Waals surface area contributed by atoms with Crippen molar-refractivity contribution in [3.63, 3.8) is 0 Å². The van der Waals surface area contributed by atoms with Crippen molar-refractivity contribution in [2.45, 2.75) is 18.7 Å². The quantitative estimate of drug-likeness (QED) is 0.262. The number of nitrogens with two attached hydrogens (primary N) is 1. The molecule has 0 saturated carbocycles. The Balaban J connectivity index is 2.50. The molecule has 0 aliphatic carbocycles. The van der Waals surface area contributed by atoms with E-state index in [1.807, 2.05) is 0 Å². The number of nitrogens with one attached hydrogen (secondary N) is 2. The minimum atomic E-state index is -3.88. The third kappa shape index (κ3) is 2.54. The van der Waals surface area contributed by atoms with Gasteiger partial charge in [0.15, 0.2) is 5.84 Å². The van der Waals surface area contributed by atoms with Gasteiger partial charge in [-0.3, -0.25) is 14.5 Å². The predicted octanol–water partition coefficient (Wildman–Crippen LogP) is -0.345. The average molecular weight is 313 g/mol. The number of hydrogen-bond acceptors (Lipinski definition) is 6. The molecule has 0 aliphatic rings. The third-order valence-corrected chi connectivity index (χ3v) is 4.48. The number of aryl methyl sites for hydroxylation is 3. The van der Waals surface area contributed by atoms with Crippen LogP contribution in [0.25, 0.3) is 0 Å². The number of hydrogen-bond donors (Lipinski definition) is 4. The summed E-state index contributed by atoms with van der Waals surface area (Å²) in [5.41, 5.74) is 6.42. The Morgan fingerprint density at radius 3 is 2.71 bits per heavy atom. The molecule has 5 N–H and O–H groups in total. The van der Waals surface area contributed by atoms with Crippen LogP contribution in [-0.2, 0) is 17.1 Å². The summed E-state index contributed by atoms with van der Waals surface area (Å²) in [7, 11) is -2.36. The van der Waals surface area contributed by atoms with Crippen molar-refractivity contribution in [1.29, 1.82) is 0 Å². The molecule has 11 heteroatoms. The summed E-state index contributed by atoms with van der Waals surface area (Å²) in [6.07, 6.45) is 1.29. The van der Waals surface area contributed by atoms with E-state index in [2.05, 4.69) is 25.2 Å². The van der Waals surface area contributed by atoms with E-state index in [0.29, 0.717) is 11.4 Å². The Morgan fingerprint density at radius 1 is 1.52 bits per heavy atom. The van der Waals surface area contributed by atoms with E-state index in [1.54, 1.807) is 13.8 Å². The van der Waals surface area contributed by atoms with Crippen LogP contribution >= 0.6 is 0 Å². The fourth-order valence-electron chi connectivity index (χ4n) is 1.91. The van der Waals surface area contributed by atoms with Crippen LogP contribution in [0, 0.1) is 13.8 Å². The van der Waals surface area contributed by atoms with Crippen molar-refractivity contribution in [1.82, 2.24) is 20.0 Å². The van der Waals surface area contributed by atoms with Gasteiger partial charge < -0.3 is 10.9 Å². The first-order valence-electron chi connectivity index (χ1n) is 5.82. The van der Waals surface area contributed by atoms with E-state index in [-0.39, 0.29) is 22.1 Å². The highest BCUT2D eigenvalue weighted by Crippen LogP contribution is 2.22. The topological polar surface area (TPSA) is 151 Å². The average Bonchev–Trinajstić information content (AvgIpc) is 2.93. The van der Waals surface area contributed by atoms with Crippen molar-refractivity contribution >= 4 is 21.7 Å². The highest BCUT2D eigenvalue weighted by Gasteiger charge is 2.25. The van der Waals surface area contributed by atoms with E-state index < -0.39 is 10.0 Å². The highest BCUT2D eigenvalue weighted by atomic mass is 32.2. The normalized spacial score (nSPS) is 12.6. The SMILES string of the molecule is Cc1n[nH]c(C)c1S(=O)(=O)Nc1c(C(N)=NO)cnn1C. The van der Waals surface area contributed by atoms with Gasteiger partial charge in [-0.15, -0.1) is 0 Å². The van der Waals surface area contributed by atoms with Crippen LogP contribution in [0.3, 0.4) is 0 Å². The van der Waals surface area contributed by atoms with Crippen molar-refractivity contribution < 1.29 is 13.6 Å². The minimum Gasteiger partial charge on any atom is -0.409 e. The van der Waals surface area contributed by atoms with Gasteiger partial charge in [0.1, 0.15) is 10.7 Å². The molecule has 0 amide bonds. The van der Waals surface area contributed by atoms with Crippen molar-refractivity contribution in [3.05, 3.63) is 23.1 Å². The lowest BCUT2D eigenvalue weighted by Crippen LogP contribution is -2.21. The number of sulfonamides is 1. The number of rotatable bonds is 4. The molecule has 0 saturated heterocycles. The van der Waals surface area contributed by atoms with Gasteiger partial charge in [-0.05, 0) is 13.8 Å². The lowest BCUT2D eigenvalue weighted by molar-refractivity contribution is 0.318. The summed E-state index contributed by atoms with van der Waals surface area (Å²) < 4.78 is 28.6. The second-order valence-electron chi connectivity index (χ2n) is 4.38. The molecule has 2 heterocycles. The lowest BCUT2D eigenvalue weighted by Gasteiger charge is -2.10. The number of nitrogens with zero attached hydrogens (tertiary/aromatic N) is 4. The molecule has 0 fully saturated rings. The smallest absolute Gasteiger partial charge is 0.266 e. The maximum Gasteiger partial charge on any atom is 0.266 e. The van der Waals surface area contributed by atoms with Gasteiger partial charge in [-0.1, -0.05) is 5.16 Å². The van der Waals surface area contributed by atoms with Gasteiger partial charge in [0.05, 0.1) is 23.1 Å². The molecule has 0 bridgehead atoms. The fraction of sp³-hybridized carbons (Fsp3) is 0.300. The van der Waals surface area contributed by atoms with Gasteiger partial charge in [0.2, 0.25) is 0 Å². The van der Waals surface area contributed by atoms with Crippen LogP contribution in [0.1, 0.15) is 17.0 Å². The van der Waals surface area contributed by atoms with E-state index in [4.69, 9.17) is 10.9 Å². The first kappa shape index (κ1) is 14.8. The van der Waals surface area contributed by atoms with Crippen LogP contribution in [0.15, 0.2) is 16.2 Å². The molecule has 0 unspecified atom stereocenters. The van der Waals surface area contributed by atoms with E-state index in [0.717, 1.165) is 0 Å². The molecular weight excluding hydrogens is 298 g/mol. The third-order valence-electron chi connectivity index (χ3n) is 2.88. The van der Waals surface area contributed by atoms with E-state index >= 15 is 0 Å². The number of H-pyrrole nitrogens is 1. The molecule has 21 heavy (non-hydrogen) atoms. The predicted molar refractivity (Wildman–Crippen MR) is 74.6 cm³/mol. The molecule has 0 aliphatic heterocycles. The molecule has 0 radical (unpaired) electrons. The molecule has 0 spiro atoms. The minimum absolute atomic E-state index is 0.0501. The number of anilines is 1. The molecule has 2 rings (SSSR count). The van der Waals surface area contributed by atoms with Gasteiger partial charge in [0.25, 0.3) is 10.0 Å². The fourth-order valence-corrected chi connectivity index (χ4v) is 3.40. The molecule has 114 valence electrons. The van der Waals surface area contributed by atoms with E-state index in [9.17, 15) is 8.42 Å². The van der Waals surface area contributed by atoms with Gasteiger partial charge in [0, 0.05) is 7.05 Å². The number of oxime groups is 1. The summed E-state index contributed by atoms with van der Waals surface area (Å²) in [5, 5.41) is 21.9. The molecule has 10 nitrogen and oxygen atoms in total. The largest absolute Gasteiger partial charge is 0.409 e. The summed E-state index contributed by atoms with van der Waals surface area (Å²) in [6.45, 7) is 3.17.